The van der Waals surface area contributed by atoms with Crippen molar-refractivity contribution in [3.63, 3.8) is 0 Å². The van der Waals surface area contributed by atoms with Crippen molar-refractivity contribution in [2.75, 3.05) is 43.0 Å². The number of halogens is 2. The van der Waals surface area contributed by atoms with Crippen molar-refractivity contribution < 1.29 is 13.5 Å². The molecule has 1 aliphatic heterocycles. The summed E-state index contributed by atoms with van der Waals surface area (Å²) < 4.78 is 32.5. The van der Waals surface area contributed by atoms with Gasteiger partial charge < -0.3 is 19.9 Å². The van der Waals surface area contributed by atoms with Crippen LogP contribution >= 0.6 is 12.2 Å². The number of thiocarbonyl (C=S) groups is 1. The van der Waals surface area contributed by atoms with Gasteiger partial charge in [0, 0.05) is 32.2 Å². The number of nitrogens with zero attached hydrogens (tertiary/aromatic N) is 2. The second kappa shape index (κ2) is 8.31. The summed E-state index contributed by atoms with van der Waals surface area (Å²) in [6.07, 6.45) is 0. The van der Waals surface area contributed by atoms with Crippen molar-refractivity contribution in [2.24, 2.45) is 0 Å². The molecular formula is C19H21F2N3OS. The third kappa shape index (κ3) is 4.22. The number of hydrogen-bond acceptors (Lipinski definition) is 3. The van der Waals surface area contributed by atoms with Crippen molar-refractivity contribution >= 4 is 28.7 Å². The van der Waals surface area contributed by atoms with E-state index in [2.05, 4.69) is 10.2 Å². The molecule has 0 unspecified atom stereocenters. The topological polar surface area (TPSA) is 27.7 Å². The highest BCUT2D eigenvalue weighted by atomic mass is 32.1. The molecule has 0 saturated carbocycles. The highest BCUT2D eigenvalue weighted by molar-refractivity contribution is 7.80. The van der Waals surface area contributed by atoms with Crippen LogP contribution in [0.5, 0.6) is 5.75 Å². The van der Waals surface area contributed by atoms with E-state index < -0.39 is 11.6 Å². The average molecular weight is 377 g/mol. The quantitative estimate of drug-likeness (QED) is 0.817. The van der Waals surface area contributed by atoms with Crippen LogP contribution < -0.4 is 15.0 Å². The molecule has 0 bridgehead atoms. The van der Waals surface area contributed by atoms with Gasteiger partial charge in [-0.25, -0.2) is 8.78 Å². The van der Waals surface area contributed by atoms with Gasteiger partial charge in [-0.3, -0.25) is 0 Å². The van der Waals surface area contributed by atoms with Gasteiger partial charge in [-0.2, -0.15) is 0 Å². The molecule has 26 heavy (non-hydrogen) atoms. The average Bonchev–Trinajstić information content (AvgIpc) is 2.65. The molecule has 0 atom stereocenters. The van der Waals surface area contributed by atoms with Crippen molar-refractivity contribution in [1.29, 1.82) is 0 Å². The minimum atomic E-state index is -0.656. The highest BCUT2D eigenvalue weighted by Crippen LogP contribution is 2.29. The summed E-state index contributed by atoms with van der Waals surface area (Å²) in [6.45, 7) is 5.54. The Morgan fingerprint density at radius 2 is 1.85 bits per heavy atom. The fourth-order valence-electron chi connectivity index (χ4n) is 2.93. The molecule has 0 radical (unpaired) electrons. The maximum absolute atomic E-state index is 13.8. The number of rotatable bonds is 4. The van der Waals surface area contributed by atoms with Gasteiger partial charge in [-0.05, 0) is 43.4 Å². The van der Waals surface area contributed by atoms with Crippen LogP contribution in [0.3, 0.4) is 0 Å². The normalized spacial score (nSPS) is 14.3. The first-order valence-corrected chi connectivity index (χ1v) is 8.97. The van der Waals surface area contributed by atoms with Gasteiger partial charge in [0.1, 0.15) is 17.4 Å². The number of nitrogens with one attached hydrogen (secondary N) is 1. The molecule has 0 aliphatic carbocycles. The lowest BCUT2D eigenvalue weighted by Gasteiger charge is -2.38. The minimum absolute atomic E-state index is 0.181. The molecule has 0 aromatic heterocycles. The minimum Gasteiger partial charge on any atom is -0.492 e. The van der Waals surface area contributed by atoms with Crippen LogP contribution in [0.25, 0.3) is 0 Å². The SMILES string of the molecule is CCOc1ccccc1N1CCN(C(=S)Nc2ccc(F)cc2F)CC1. The van der Waals surface area contributed by atoms with E-state index in [1.807, 2.05) is 36.1 Å². The van der Waals surface area contributed by atoms with Crippen LogP contribution in [0.4, 0.5) is 20.2 Å². The van der Waals surface area contributed by atoms with Gasteiger partial charge in [0.2, 0.25) is 0 Å². The molecule has 4 nitrogen and oxygen atoms in total. The molecule has 3 rings (SSSR count). The lowest BCUT2D eigenvalue weighted by Crippen LogP contribution is -2.50. The zero-order chi connectivity index (χ0) is 18.5. The zero-order valence-electron chi connectivity index (χ0n) is 14.5. The smallest absolute Gasteiger partial charge is 0.173 e. The van der Waals surface area contributed by atoms with E-state index in [1.165, 1.54) is 12.1 Å². The zero-order valence-corrected chi connectivity index (χ0v) is 15.4. The van der Waals surface area contributed by atoms with Crippen LogP contribution in [0.1, 0.15) is 6.92 Å². The predicted octanol–water partition coefficient (Wildman–Crippen LogP) is 3.88. The molecule has 1 aliphatic rings. The summed E-state index contributed by atoms with van der Waals surface area (Å²) in [5.74, 6) is -0.394. The summed E-state index contributed by atoms with van der Waals surface area (Å²) in [5, 5.41) is 3.30. The number of ether oxygens (including phenoxy) is 1. The van der Waals surface area contributed by atoms with E-state index in [9.17, 15) is 8.78 Å². The van der Waals surface area contributed by atoms with Crippen LogP contribution in [0.15, 0.2) is 42.5 Å². The third-order valence-electron chi connectivity index (χ3n) is 4.25. The molecule has 1 saturated heterocycles. The third-order valence-corrected chi connectivity index (χ3v) is 4.61. The molecular weight excluding hydrogens is 356 g/mol. The fourth-order valence-corrected chi connectivity index (χ4v) is 3.22. The van der Waals surface area contributed by atoms with E-state index in [4.69, 9.17) is 17.0 Å². The Balaban J connectivity index is 1.60. The van der Waals surface area contributed by atoms with Gasteiger partial charge in [0.25, 0.3) is 0 Å². The Labute approximate surface area is 157 Å². The maximum atomic E-state index is 13.8. The summed E-state index contributed by atoms with van der Waals surface area (Å²) >= 11 is 5.38. The maximum Gasteiger partial charge on any atom is 0.173 e. The van der Waals surface area contributed by atoms with Crippen molar-refractivity contribution in [2.45, 2.75) is 6.92 Å². The first-order valence-electron chi connectivity index (χ1n) is 8.56. The second-order valence-corrected chi connectivity index (χ2v) is 6.32. The van der Waals surface area contributed by atoms with Gasteiger partial charge >= 0.3 is 0 Å². The fraction of sp³-hybridized carbons (Fsp3) is 0.316. The summed E-state index contributed by atoms with van der Waals surface area (Å²) in [6, 6.07) is 11.4. The van der Waals surface area contributed by atoms with Gasteiger partial charge in [0.05, 0.1) is 18.0 Å². The van der Waals surface area contributed by atoms with Gasteiger partial charge in [-0.15, -0.1) is 0 Å². The largest absolute Gasteiger partial charge is 0.492 e. The van der Waals surface area contributed by atoms with E-state index >= 15 is 0 Å². The van der Waals surface area contributed by atoms with Gasteiger partial charge in [-0.1, -0.05) is 12.1 Å². The molecule has 0 amide bonds. The van der Waals surface area contributed by atoms with Crippen molar-refractivity contribution in [3.05, 3.63) is 54.1 Å². The lowest BCUT2D eigenvalue weighted by molar-refractivity contribution is 0.336. The molecule has 1 heterocycles. The lowest BCUT2D eigenvalue weighted by atomic mass is 10.2. The molecule has 2 aromatic carbocycles. The van der Waals surface area contributed by atoms with E-state index in [0.29, 0.717) is 24.8 Å². The predicted molar refractivity (Wildman–Crippen MR) is 104 cm³/mol. The monoisotopic (exact) mass is 377 g/mol. The number of piperazine rings is 1. The molecule has 7 heteroatoms. The number of benzene rings is 2. The van der Waals surface area contributed by atoms with Crippen LogP contribution in [-0.4, -0.2) is 42.8 Å². The molecule has 2 aromatic rings. The Bertz CT molecular complexity index is 779. The Hall–Kier alpha value is -2.41. The van der Waals surface area contributed by atoms with Gasteiger partial charge in [0.15, 0.2) is 5.11 Å². The Morgan fingerprint density at radius 3 is 2.54 bits per heavy atom. The Kier molecular flexibility index (Phi) is 5.88. The van der Waals surface area contributed by atoms with Crippen LogP contribution in [0.2, 0.25) is 0 Å². The number of para-hydroxylation sites is 2. The summed E-state index contributed by atoms with van der Waals surface area (Å²) in [4.78, 5) is 4.24. The van der Waals surface area contributed by atoms with E-state index in [-0.39, 0.29) is 5.69 Å². The molecule has 0 spiro atoms. The number of hydrogen-bond donors (Lipinski definition) is 1. The first kappa shape index (κ1) is 18.4. The Morgan fingerprint density at radius 1 is 1.12 bits per heavy atom. The highest BCUT2D eigenvalue weighted by Gasteiger charge is 2.21. The van der Waals surface area contributed by atoms with E-state index in [1.54, 1.807) is 0 Å². The second-order valence-electron chi connectivity index (χ2n) is 5.93. The molecule has 138 valence electrons. The van der Waals surface area contributed by atoms with Crippen LogP contribution in [-0.2, 0) is 0 Å². The summed E-state index contributed by atoms with van der Waals surface area (Å²) in [5.41, 5.74) is 1.25. The van der Waals surface area contributed by atoms with Crippen molar-refractivity contribution in [3.8, 4) is 5.75 Å². The van der Waals surface area contributed by atoms with E-state index in [0.717, 1.165) is 30.6 Å². The molecule has 1 fully saturated rings. The standard InChI is InChI=1S/C19H21F2N3OS/c1-2-25-18-6-4-3-5-17(18)23-9-11-24(12-10-23)19(26)22-16-8-7-14(20)13-15(16)21/h3-8,13H,2,9-12H2,1H3,(H,22,26). The van der Waals surface area contributed by atoms with Crippen molar-refractivity contribution in [1.82, 2.24) is 4.90 Å². The molecule has 1 N–H and O–H groups in total. The summed E-state index contributed by atoms with van der Waals surface area (Å²) in [7, 11) is 0. The first-order chi connectivity index (χ1) is 12.6. The van der Waals surface area contributed by atoms with Crippen LogP contribution in [0, 0.1) is 11.6 Å². The number of anilines is 2.